The SMILES string of the molecule is CC(C)C(=O)C(C)(C)OC(C)C(C)C. The summed E-state index contributed by atoms with van der Waals surface area (Å²) >= 11 is 0. The first-order chi connectivity index (χ1) is 6.18. The minimum absolute atomic E-state index is 0.0318. The van der Waals surface area contributed by atoms with Gasteiger partial charge in [0.05, 0.1) is 6.10 Å². The first-order valence-corrected chi connectivity index (χ1v) is 5.40. The van der Waals surface area contributed by atoms with Crippen molar-refractivity contribution in [2.45, 2.75) is 60.2 Å². The summed E-state index contributed by atoms with van der Waals surface area (Å²) in [4.78, 5) is 11.8. The van der Waals surface area contributed by atoms with Crippen LogP contribution in [-0.4, -0.2) is 17.5 Å². The Bertz CT molecular complexity index is 192. The predicted molar refractivity (Wildman–Crippen MR) is 59.3 cm³/mol. The van der Waals surface area contributed by atoms with Gasteiger partial charge in [0.15, 0.2) is 5.78 Å². The normalized spacial score (nSPS) is 14.9. The summed E-state index contributed by atoms with van der Waals surface area (Å²) in [6, 6.07) is 0. The van der Waals surface area contributed by atoms with Crippen molar-refractivity contribution in [1.29, 1.82) is 0 Å². The van der Waals surface area contributed by atoms with Gasteiger partial charge in [-0.15, -0.1) is 0 Å². The largest absolute Gasteiger partial charge is 0.365 e. The van der Waals surface area contributed by atoms with Crippen molar-refractivity contribution in [3.8, 4) is 0 Å². The molecule has 0 aromatic rings. The number of ether oxygens (including phenoxy) is 1. The van der Waals surface area contributed by atoms with Gasteiger partial charge in [0.1, 0.15) is 5.60 Å². The molecule has 14 heavy (non-hydrogen) atoms. The maximum atomic E-state index is 11.8. The maximum Gasteiger partial charge on any atom is 0.166 e. The molecule has 0 N–H and O–H groups in total. The fraction of sp³-hybridized carbons (Fsp3) is 0.917. The molecule has 0 bridgehead atoms. The molecule has 0 radical (unpaired) electrons. The van der Waals surface area contributed by atoms with Crippen LogP contribution < -0.4 is 0 Å². The molecule has 0 amide bonds. The standard InChI is InChI=1S/C12H24O2/c1-8(2)10(5)14-12(6,7)11(13)9(3)4/h8-10H,1-7H3. The van der Waals surface area contributed by atoms with Crippen LogP contribution in [-0.2, 0) is 9.53 Å². The molecule has 0 aliphatic carbocycles. The van der Waals surface area contributed by atoms with E-state index in [1.807, 2.05) is 34.6 Å². The van der Waals surface area contributed by atoms with Crippen LogP contribution in [0.3, 0.4) is 0 Å². The molecule has 0 saturated heterocycles. The van der Waals surface area contributed by atoms with Gasteiger partial charge >= 0.3 is 0 Å². The maximum absolute atomic E-state index is 11.8. The zero-order chi connectivity index (χ0) is 11.5. The lowest BCUT2D eigenvalue weighted by atomic mass is 9.93. The smallest absolute Gasteiger partial charge is 0.166 e. The van der Waals surface area contributed by atoms with Crippen LogP contribution in [0.25, 0.3) is 0 Å². The van der Waals surface area contributed by atoms with E-state index >= 15 is 0 Å². The third-order valence-electron chi connectivity index (χ3n) is 2.54. The van der Waals surface area contributed by atoms with E-state index < -0.39 is 5.60 Å². The highest BCUT2D eigenvalue weighted by Crippen LogP contribution is 2.21. The summed E-state index contributed by atoms with van der Waals surface area (Å²) in [5, 5.41) is 0. The summed E-state index contributed by atoms with van der Waals surface area (Å²) in [5.41, 5.74) is -0.655. The average molecular weight is 200 g/mol. The van der Waals surface area contributed by atoms with Crippen molar-refractivity contribution in [2.24, 2.45) is 11.8 Å². The number of Topliss-reactive ketones (excluding diaryl/α,β-unsaturated/α-hetero) is 1. The topological polar surface area (TPSA) is 26.3 Å². The Morgan fingerprint density at radius 3 is 1.79 bits per heavy atom. The Morgan fingerprint density at radius 2 is 1.50 bits per heavy atom. The average Bonchev–Trinajstić information content (AvgIpc) is 2.01. The van der Waals surface area contributed by atoms with E-state index in [1.54, 1.807) is 0 Å². The molecular formula is C12H24O2. The van der Waals surface area contributed by atoms with Gasteiger partial charge in [-0.2, -0.15) is 0 Å². The van der Waals surface area contributed by atoms with Gasteiger partial charge < -0.3 is 4.74 Å². The molecule has 0 heterocycles. The van der Waals surface area contributed by atoms with Gasteiger partial charge in [-0.3, -0.25) is 4.79 Å². The Balaban J connectivity index is 4.41. The fourth-order valence-corrected chi connectivity index (χ4v) is 1.35. The molecule has 84 valence electrons. The minimum atomic E-state index is -0.655. The van der Waals surface area contributed by atoms with Gasteiger partial charge in [0.2, 0.25) is 0 Å². The van der Waals surface area contributed by atoms with Crippen molar-refractivity contribution in [1.82, 2.24) is 0 Å². The summed E-state index contributed by atoms with van der Waals surface area (Å²) in [6.45, 7) is 13.7. The van der Waals surface area contributed by atoms with Crippen LogP contribution in [0.2, 0.25) is 0 Å². The molecule has 2 heteroatoms. The van der Waals surface area contributed by atoms with Gasteiger partial charge in [0, 0.05) is 5.92 Å². The molecule has 0 saturated carbocycles. The van der Waals surface area contributed by atoms with Gasteiger partial charge in [-0.25, -0.2) is 0 Å². The third-order valence-corrected chi connectivity index (χ3v) is 2.54. The number of ketones is 1. The lowest BCUT2D eigenvalue weighted by Crippen LogP contribution is -2.41. The van der Waals surface area contributed by atoms with E-state index in [0.29, 0.717) is 5.92 Å². The first-order valence-electron chi connectivity index (χ1n) is 5.40. The zero-order valence-electron chi connectivity index (χ0n) is 10.5. The lowest BCUT2D eigenvalue weighted by molar-refractivity contribution is -0.152. The minimum Gasteiger partial charge on any atom is -0.365 e. The summed E-state index contributed by atoms with van der Waals surface area (Å²) in [6.07, 6.45) is 0.118. The van der Waals surface area contributed by atoms with Gasteiger partial charge in [-0.1, -0.05) is 27.7 Å². The van der Waals surface area contributed by atoms with E-state index in [-0.39, 0.29) is 17.8 Å². The number of rotatable bonds is 5. The van der Waals surface area contributed by atoms with Crippen LogP contribution in [0, 0.1) is 11.8 Å². The van der Waals surface area contributed by atoms with Crippen molar-refractivity contribution >= 4 is 5.78 Å². The number of hydrogen-bond acceptors (Lipinski definition) is 2. The Hall–Kier alpha value is -0.370. The molecule has 0 aliphatic heterocycles. The second-order valence-electron chi connectivity index (χ2n) is 5.10. The molecule has 0 aliphatic rings. The Kier molecular flexibility index (Phi) is 4.79. The molecule has 0 aromatic carbocycles. The summed E-state index contributed by atoms with van der Waals surface area (Å²) in [5.74, 6) is 0.642. The monoisotopic (exact) mass is 200 g/mol. The first kappa shape index (κ1) is 13.6. The number of hydrogen-bond donors (Lipinski definition) is 0. The molecular weight excluding hydrogens is 176 g/mol. The van der Waals surface area contributed by atoms with Crippen molar-refractivity contribution in [3.05, 3.63) is 0 Å². The predicted octanol–water partition coefficient (Wildman–Crippen LogP) is 3.05. The molecule has 1 atom stereocenters. The van der Waals surface area contributed by atoms with E-state index in [9.17, 15) is 4.79 Å². The molecule has 1 unspecified atom stereocenters. The lowest BCUT2D eigenvalue weighted by Gasteiger charge is -2.31. The highest BCUT2D eigenvalue weighted by molar-refractivity contribution is 5.88. The molecule has 2 nitrogen and oxygen atoms in total. The van der Waals surface area contributed by atoms with Crippen LogP contribution in [0.4, 0.5) is 0 Å². The molecule has 0 aromatic heterocycles. The van der Waals surface area contributed by atoms with E-state index in [2.05, 4.69) is 13.8 Å². The summed E-state index contributed by atoms with van der Waals surface area (Å²) in [7, 11) is 0. The molecule has 0 spiro atoms. The van der Waals surface area contributed by atoms with Gasteiger partial charge in [-0.05, 0) is 26.7 Å². The second-order valence-corrected chi connectivity index (χ2v) is 5.10. The molecule has 0 fully saturated rings. The third kappa shape index (κ3) is 3.79. The van der Waals surface area contributed by atoms with Crippen LogP contribution in [0.5, 0.6) is 0 Å². The van der Waals surface area contributed by atoms with E-state index in [0.717, 1.165) is 0 Å². The number of carbonyl (C=O) groups is 1. The Morgan fingerprint density at radius 1 is 1.07 bits per heavy atom. The second kappa shape index (κ2) is 4.92. The highest BCUT2D eigenvalue weighted by Gasteiger charge is 2.32. The van der Waals surface area contributed by atoms with E-state index in [1.165, 1.54) is 0 Å². The fourth-order valence-electron chi connectivity index (χ4n) is 1.35. The van der Waals surface area contributed by atoms with Crippen LogP contribution >= 0.6 is 0 Å². The summed E-state index contributed by atoms with van der Waals surface area (Å²) < 4.78 is 5.77. The van der Waals surface area contributed by atoms with Crippen LogP contribution in [0.1, 0.15) is 48.5 Å². The van der Waals surface area contributed by atoms with Crippen molar-refractivity contribution < 1.29 is 9.53 Å². The van der Waals surface area contributed by atoms with Crippen molar-refractivity contribution in [2.75, 3.05) is 0 Å². The van der Waals surface area contributed by atoms with E-state index in [4.69, 9.17) is 4.74 Å². The number of carbonyl (C=O) groups excluding carboxylic acids is 1. The molecule has 0 rings (SSSR count). The van der Waals surface area contributed by atoms with Gasteiger partial charge in [0.25, 0.3) is 0 Å². The van der Waals surface area contributed by atoms with Crippen LogP contribution in [0.15, 0.2) is 0 Å². The quantitative estimate of drug-likeness (QED) is 0.682. The highest BCUT2D eigenvalue weighted by atomic mass is 16.5. The Labute approximate surface area is 88.0 Å². The zero-order valence-corrected chi connectivity index (χ0v) is 10.5. The van der Waals surface area contributed by atoms with Crippen molar-refractivity contribution in [3.63, 3.8) is 0 Å².